The zero-order valence-corrected chi connectivity index (χ0v) is 20.8. The molecule has 184 valence electrons. The van der Waals surface area contributed by atoms with Crippen LogP contribution < -0.4 is 4.31 Å². The van der Waals surface area contributed by atoms with Crippen LogP contribution in [0.4, 0.5) is 5.88 Å². The van der Waals surface area contributed by atoms with Gasteiger partial charge in [0.05, 0.1) is 30.0 Å². The van der Waals surface area contributed by atoms with Gasteiger partial charge in [0.15, 0.2) is 0 Å². The Labute approximate surface area is 204 Å². The number of hydrogen-bond donors (Lipinski definition) is 0. The Morgan fingerprint density at radius 3 is 2.31 bits per heavy atom. The minimum atomic E-state index is -4.09. The van der Waals surface area contributed by atoms with Crippen molar-refractivity contribution in [3.63, 3.8) is 0 Å². The van der Waals surface area contributed by atoms with Crippen LogP contribution >= 0.6 is 0 Å². The summed E-state index contributed by atoms with van der Waals surface area (Å²) in [6.45, 7) is 5.64. The second kappa shape index (κ2) is 10.4. The van der Waals surface area contributed by atoms with Gasteiger partial charge in [-0.2, -0.15) is 0 Å². The summed E-state index contributed by atoms with van der Waals surface area (Å²) in [5, 5.41) is 3.93. The molecular formula is C25H27N3O6S. The molecule has 9 nitrogen and oxygen atoms in total. The number of ether oxygens (including phenoxy) is 2. The molecule has 35 heavy (non-hydrogen) atoms. The van der Waals surface area contributed by atoms with E-state index in [1.807, 2.05) is 31.2 Å². The Kier molecular flexibility index (Phi) is 7.34. The average molecular weight is 498 g/mol. The van der Waals surface area contributed by atoms with Crippen LogP contribution in [0.15, 0.2) is 68.6 Å². The van der Waals surface area contributed by atoms with E-state index >= 15 is 0 Å². The quantitative estimate of drug-likeness (QED) is 0.228. The third-order valence-corrected chi connectivity index (χ3v) is 7.28. The highest BCUT2D eigenvalue weighted by atomic mass is 32.2. The largest absolute Gasteiger partial charge is 0.441 e. The van der Waals surface area contributed by atoms with Gasteiger partial charge >= 0.3 is 0 Å². The molecule has 0 unspecified atom stereocenters. The Morgan fingerprint density at radius 1 is 0.971 bits per heavy atom. The van der Waals surface area contributed by atoms with E-state index in [1.165, 1.54) is 0 Å². The van der Waals surface area contributed by atoms with Crippen molar-refractivity contribution in [2.24, 2.45) is 0 Å². The molecule has 4 rings (SSSR count). The van der Waals surface area contributed by atoms with Gasteiger partial charge in [-0.1, -0.05) is 35.5 Å². The van der Waals surface area contributed by atoms with Crippen molar-refractivity contribution in [2.75, 3.05) is 31.4 Å². The summed E-state index contributed by atoms with van der Waals surface area (Å²) < 4.78 is 50.6. The van der Waals surface area contributed by atoms with Crippen molar-refractivity contribution in [3.8, 4) is 22.6 Å². The summed E-state index contributed by atoms with van der Waals surface area (Å²) in [4.78, 5) is 4.36. The van der Waals surface area contributed by atoms with E-state index in [2.05, 4.69) is 10.1 Å². The van der Waals surface area contributed by atoms with E-state index in [4.69, 9.17) is 18.4 Å². The predicted molar refractivity (Wildman–Crippen MR) is 130 cm³/mol. The number of benzene rings is 2. The Bertz CT molecular complexity index is 1390. The average Bonchev–Trinajstić information content (AvgIpc) is 3.44. The fourth-order valence-corrected chi connectivity index (χ4v) is 5.05. The van der Waals surface area contributed by atoms with Gasteiger partial charge in [0, 0.05) is 23.8 Å². The smallest absolute Gasteiger partial charge is 0.269 e. The lowest BCUT2D eigenvalue weighted by molar-refractivity contribution is 0.0744. The molecule has 0 N–H and O–H groups in total. The molecule has 0 spiro atoms. The van der Waals surface area contributed by atoms with Gasteiger partial charge in [-0.15, -0.1) is 0 Å². The Morgan fingerprint density at radius 2 is 1.69 bits per heavy atom. The number of methoxy groups -OCH3 is 1. The minimum absolute atomic E-state index is 0.114. The zero-order chi connectivity index (χ0) is 25.0. The summed E-state index contributed by atoms with van der Waals surface area (Å²) in [6.07, 6.45) is 1.65. The molecule has 2 aromatic heterocycles. The van der Waals surface area contributed by atoms with Crippen LogP contribution in [0.2, 0.25) is 0 Å². The van der Waals surface area contributed by atoms with E-state index in [9.17, 15) is 8.42 Å². The van der Waals surface area contributed by atoms with E-state index in [-0.39, 0.29) is 24.1 Å². The maximum absolute atomic E-state index is 13.9. The van der Waals surface area contributed by atoms with Crippen LogP contribution in [-0.4, -0.2) is 45.6 Å². The maximum Gasteiger partial charge on any atom is 0.269 e. The summed E-state index contributed by atoms with van der Waals surface area (Å²) in [5.41, 5.74) is 3.28. The molecule has 0 amide bonds. The van der Waals surface area contributed by atoms with Crippen LogP contribution in [0.1, 0.15) is 17.0 Å². The second-order valence-electron chi connectivity index (χ2n) is 7.93. The first-order chi connectivity index (χ1) is 16.8. The molecule has 2 heterocycles. The molecule has 2 aromatic carbocycles. The number of aryl methyl sites for hydroxylation is 2. The fraction of sp³-hybridized carbons (Fsp3) is 0.280. The summed E-state index contributed by atoms with van der Waals surface area (Å²) in [5.74, 6) is 1.33. The minimum Gasteiger partial charge on any atom is -0.441 e. The van der Waals surface area contributed by atoms with Crippen molar-refractivity contribution in [3.05, 3.63) is 71.7 Å². The zero-order valence-electron chi connectivity index (χ0n) is 20.0. The number of aromatic nitrogens is 2. The van der Waals surface area contributed by atoms with E-state index in [0.29, 0.717) is 35.1 Å². The van der Waals surface area contributed by atoms with Crippen molar-refractivity contribution >= 4 is 15.9 Å². The van der Waals surface area contributed by atoms with Gasteiger partial charge in [0.1, 0.15) is 12.5 Å². The van der Waals surface area contributed by atoms with Crippen LogP contribution in [-0.2, 0) is 19.5 Å². The fourth-order valence-electron chi connectivity index (χ4n) is 3.49. The molecule has 0 saturated heterocycles. The van der Waals surface area contributed by atoms with Crippen LogP contribution in [0.3, 0.4) is 0 Å². The van der Waals surface area contributed by atoms with E-state index < -0.39 is 10.0 Å². The third kappa shape index (κ3) is 5.14. The molecule has 0 fully saturated rings. The number of anilines is 1. The van der Waals surface area contributed by atoms with E-state index in [1.54, 1.807) is 51.4 Å². The lowest BCUT2D eigenvalue weighted by Gasteiger charge is -2.23. The molecule has 0 aliphatic heterocycles. The highest BCUT2D eigenvalue weighted by molar-refractivity contribution is 7.93. The summed E-state index contributed by atoms with van der Waals surface area (Å²) >= 11 is 0. The first-order valence-electron chi connectivity index (χ1n) is 11.0. The van der Waals surface area contributed by atoms with Crippen LogP contribution in [0.25, 0.3) is 22.6 Å². The molecule has 0 radical (unpaired) electrons. The SMILES string of the molecule is COCCOCN(c1onc(C)c1C)S(=O)(=O)c1ccccc1-c1ccc(-c2ncc(C)o2)cc1. The molecule has 0 bridgehead atoms. The van der Waals surface area contributed by atoms with E-state index in [0.717, 1.165) is 15.4 Å². The maximum atomic E-state index is 13.9. The van der Waals surface area contributed by atoms with Crippen molar-refractivity contribution < 1.29 is 26.8 Å². The molecule has 10 heteroatoms. The Hall–Kier alpha value is -3.47. The molecule has 4 aromatic rings. The van der Waals surface area contributed by atoms with Crippen LogP contribution in [0.5, 0.6) is 0 Å². The summed E-state index contributed by atoms with van der Waals surface area (Å²) in [7, 11) is -2.54. The third-order valence-electron chi connectivity index (χ3n) is 5.52. The molecule has 0 aliphatic carbocycles. The normalized spacial score (nSPS) is 11.7. The topological polar surface area (TPSA) is 108 Å². The number of rotatable bonds is 10. The summed E-state index contributed by atoms with van der Waals surface area (Å²) in [6, 6.07) is 14.2. The highest BCUT2D eigenvalue weighted by Crippen LogP contribution is 2.34. The van der Waals surface area contributed by atoms with Gasteiger partial charge < -0.3 is 18.4 Å². The van der Waals surface area contributed by atoms with Crippen molar-refractivity contribution in [1.82, 2.24) is 10.1 Å². The van der Waals surface area contributed by atoms with Gasteiger partial charge in [-0.3, -0.25) is 0 Å². The van der Waals surface area contributed by atoms with Gasteiger partial charge in [0.2, 0.25) is 11.8 Å². The van der Waals surface area contributed by atoms with Crippen LogP contribution in [0, 0.1) is 20.8 Å². The monoisotopic (exact) mass is 497 g/mol. The number of nitrogens with zero attached hydrogens (tertiary/aromatic N) is 3. The molecule has 0 saturated carbocycles. The Balaban J connectivity index is 1.73. The van der Waals surface area contributed by atoms with Gasteiger partial charge in [0.25, 0.3) is 10.0 Å². The molecule has 0 aliphatic rings. The predicted octanol–water partition coefficient (Wildman–Crippen LogP) is 4.74. The molecule has 0 atom stereocenters. The lowest BCUT2D eigenvalue weighted by atomic mass is 10.0. The van der Waals surface area contributed by atoms with Gasteiger partial charge in [-0.05, 0) is 44.5 Å². The second-order valence-corrected chi connectivity index (χ2v) is 9.76. The standard InChI is InChI=1S/C25H27N3O6S/c1-17-15-26-24(33-17)21-11-9-20(10-12-21)22-7-5-6-8-23(22)35(29,30)28(16-32-14-13-31-4)25-18(2)19(3)27-34-25/h5-12,15H,13-14,16H2,1-4H3. The number of hydrogen-bond acceptors (Lipinski definition) is 8. The van der Waals surface area contributed by atoms with Gasteiger partial charge in [-0.25, -0.2) is 17.7 Å². The first kappa shape index (κ1) is 24.6. The molecular weight excluding hydrogens is 470 g/mol. The van der Waals surface area contributed by atoms with Crippen molar-refractivity contribution in [1.29, 1.82) is 0 Å². The first-order valence-corrected chi connectivity index (χ1v) is 12.4. The highest BCUT2D eigenvalue weighted by Gasteiger charge is 2.32. The van der Waals surface area contributed by atoms with Crippen molar-refractivity contribution in [2.45, 2.75) is 25.7 Å². The lowest BCUT2D eigenvalue weighted by Crippen LogP contribution is -2.34. The number of sulfonamides is 1. The number of oxazole rings is 1.